The zero-order chi connectivity index (χ0) is 15.2. The summed E-state index contributed by atoms with van der Waals surface area (Å²) in [5, 5.41) is 26.9. The molecule has 0 aliphatic heterocycles. The summed E-state index contributed by atoms with van der Waals surface area (Å²) in [6.07, 6.45) is -0.530. The van der Waals surface area contributed by atoms with E-state index < -0.39 is 6.10 Å². The van der Waals surface area contributed by atoms with E-state index in [4.69, 9.17) is 9.47 Å². The molecule has 114 valence electrons. The molecule has 5 nitrogen and oxygen atoms in total. The molecule has 2 aromatic rings. The van der Waals surface area contributed by atoms with Gasteiger partial charge in [0.1, 0.15) is 0 Å². The number of hydrogen-bond donors (Lipinski definition) is 3. The van der Waals surface area contributed by atoms with Crippen LogP contribution in [0.2, 0.25) is 0 Å². The maximum atomic E-state index is 9.99. The number of aromatic hydroxyl groups is 1. The standard InChI is InChI=1S/C15H19NO4S/c1-19-13-5-10(6-14(20-2)15(13)18)7-16-8-12(17)11-3-4-21-9-11/h3-6,9,12,16-18H,7-8H2,1-2H3. The molecule has 2 rings (SSSR count). The van der Waals surface area contributed by atoms with Gasteiger partial charge in [-0.3, -0.25) is 0 Å². The Labute approximate surface area is 127 Å². The summed E-state index contributed by atoms with van der Waals surface area (Å²) in [6, 6.07) is 5.38. The molecular weight excluding hydrogens is 290 g/mol. The molecule has 0 saturated heterocycles. The Morgan fingerprint density at radius 3 is 2.43 bits per heavy atom. The third-order valence-electron chi connectivity index (χ3n) is 3.13. The average molecular weight is 309 g/mol. The van der Waals surface area contributed by atoms with Crippen LogP contribution in [-0.4, -0.2) is 31.0 Å². The highest BCUT2D eigenvalue weighted by Gasteiger charge is 2.12. The SMILES string of the molecule is COc1cc(CNCC(O)c2ccsc2)cc(OC)c1O. The maximum Gasteiger partial charge on any atom is 0.200 e. The molecule has 21 heavy (non-hydrogen) atoms. The van der Waals surface area contributed by atoms with Gasteiger partial charge in [-0.25, -0.2) is 0 Å². The molecule has 1 aromatic carbocycles. The molecule has 1 heterocycles. The van der Waals surface area contributed by atoms with E-state index in [1.54, 1.807) is 23.5 Å². The topological polar surface area (TPSA) is 71.0 Å². The first-order valence-corrected chi connectivity index (χ1v) is 7.44. The highest BCUT2D eigenvalue weighted by Crippen LogP contribution is 2.37. The van der Waals surface area contributed by atoms with Gasteiger partial charge in [-0.1, -0.05) is 0 Å². The minimum Gasteiger partial charge on any atom is -0.502 e. The predicted molar refractivity (Wildman–Crippen MR) is 82.2 cm³/mol. The summed E-state index contributed by atoms with van der Waals surface area (Å²) in [4.78, 5) is 0. The van der Waals surface area contributed by atoms with Crippen molar-refractivity contribution in [2.24, 2.45) is 0 Å². The largest absolute Gasteiger partial charge is 0.502 e. The maximum absolute atomic E-state index is 9.99. The minimum absolute atomic E-state index is 0.0120. The van der Waals surface area contributed by atoms with Crippen LogP contribution in [0.3, 0.4) is 0 Å². The Hall–Kier alpha value is -1.76. The molecule has 0 fully saturated rings. The van der Waals surface area contributed by atoms with Crippen LogP contribution in [0, 0.1) is 0 Å². The molecule has 0 amide bonds. The van der Waals surface area contributed by atoms with Crippen molar-refractivity contribution < 1.29 is 19.7 Å². The second-order valence-electron chi connectivity index (χ2n) is 4.55. The van der Waals surface area contributed by atoms with Crippen LogP contribution in [0.1, 0.15) is 17.2 Å². The van der Waals surface area contributed by atoms with Crippen molar-refractivity contribution in [2.75, 3.05) is 20.8 Å². The fourth-order valence-corrected chi connectivity index (χ4v) is 2.69. The van der Waals surface area contributed by atoms with E-state index in [2.05, 4.69) is 5.32 Å². The Morgan fingerprint density at radius 1 is 1.24 bits per heavy atom. The zero-order valence-electron chi connectivity index (χ0n) is 12.0. The van der Waals surface area contributed by atoms with Crippen LogP contribution < -0.4 is 14.8 Å². The van der Waals surface area contributed by atoms with Crippen LogP contribution in [-0.2, 0) is 6.54 Å². The lowest BCUT2D eigenvalue weighted by molar-refractivity contribution is 0.175. The monoisotopic (exact) mass is 309 g/mol. The van der Waals surface area contributed by atoms with Crippen LogP contribution >= 0.6 is 11.3 Å². The van der Waals surface area contributed by atoms with E-state index in [9.17, 15) is 10.2 Å². The highest BCUT2D eigenvalue weighted by molar-refractivity contribution is 7.07. The van der Waals surface area contributed by atoms with Crippen LogP contribution in [0.5, 0.6) is 17.2 Å². The van der Waals surface area contributed by atoms with Gasteiger partial charge < -0.3 is 25.0 Å². The number of phenolic OH excluding ortho intramolecular Hbond substituents is 1. The number of hydrogen-bond acceptors (Lipinski definition) is 6. The molecule has 1 aromatic heterocycles. The summed E-state index contributed by atoms with van der Waals surface area (Å²) >= 11 is 1.56. The summed E-state index contributed by atoms with van der Waals surface area (Å²) in [6.45, 7) is 0.983. The zero-order valence-corrected chi connectivity index (χ0v) is 12.8. The third-order valence-corrected chi connectivity index (χ3v) is 3.84. The lowest BCUT2D eigenvalue weighted by atomic mass is 10.1. The Bertz CT molecular complexity index is 546. The molecule has 6 heteroatoms. The summed E-state index contributed by atoms with van der Waals surface area (Å²) in [7, 11) is 2.98. The first-order valence-electron chi connectivity index (χ1n) is 6.50. The summed E-state index contributed by atoms with van der Waals surface area (Å²) in [5.41, 5.74) is 1.81. The average Bonchev–Trinajstić information content (AvgIpc) is 3.02. The fourth-order valence-electron chi connectivity index (χ4n) is 1.99. The van der Waals surface area contributed by atoms with Gasteiger partial charge in [0.25, 0.3) is 0 Å². The molecule has 0 aliphatic carbocycles. The second-order valence-corrected chi connectivity index (χ2v) is 5.33. The number of thiophene rings is 1. The quantitative estimate of drug-likeness (QED) is 0.732. The van der Waals surface area contributed by atoms with E-state index in [0.29, 0.717) is 24.6 Å². The normalized spacial score (nSPS) is 12.1. The first kappa shape index (κ1) is 15.6. The van der Waals surface area contributed by atoms with Gasteiger partial charge in [-0.05, 0) is 40.1 Å². The van der Waals surface area contributed by atoms with Gasteiger partial charge in [-0.2, -0.15) is 11.3 Å². The molecule has 1 unspecified atom stereocenters. The number of aliphatic hydroxyl groups excluding tert-OH is 1. The number of ether oxygens (including phenoxy) is 2. The Morgan fingerprint density at radius 2 is 1.90 bits per heavy atom. The first-order chi connectivity index (χ1) is 10.2. The third kappa shape index (κ3) is 3.87. The number of nitrogens with one attached hydrogen (secondary N) is 1. The molecule has 0 spiro atoms. The van der Waals surface area contributed by atoms with Crippen molar-refractivity contribution in [3.63, 3.8) is 0 Å². The number of aliphatic hydroxyl groups is 1. The van der Waals surface area contributed by atoms with Crippen molar-refractivity contribution in [1.29, 1.82) is 0 Å². The van der Waals surface area contributed by atoms with E-state index in [0.717, 1.165) is 11.1 Å². The van der Waals surface area contributed by atoms with Crippen molar-refractivity contribution in [1.82, 2.24) is 5.32 Å². The second kappa shape index (κ2) is 7.31. The summed E-state index contributed by atoms with van der Waals surface area (Å²) in [5.74, 6) is 0.719. The van der Waals surface area contributed by atoms with Gasteiger partial charge in [0, 0.05) is 13.1 Å². The van der Waals surface area contributed by atoms with E-state index >= 15 is 0 Å². The summed E-state index contributed by atoms with van der Waals surface area (Å²) < 4.78 is 10.2. The number of phenols is 1. The van der Waals surface area contributed by atoms with E-state index in [1.807, 2.05) is 16.8 Å². The van der Waals surface area contributed by atoms with E-state index in [1.165, 1.54) is 14.2 Å². The molecule has 3 N–H and O–H groups in total. The number of methoxy groups -OCH3 is 2. The number of benzene rings is 1. The molecule has 0 saturated carbocycles. The van der Waals surface area contributed by atoms with Gasteiger partial charge in [0.05, 0.1) is 20.3 Å². The van der Waals surface area contributed by atoms with Gasteiger partial charge in [0.2, 0.25) is 5.75 Å². The van der Waals surface area contributed by atoms with Gasteiger partial charge >= 0.3 is 0 Å². The van der Waals surface area contributed by atoms with Crippen molar-refractivity contribution in [3.05, 3.63) is 40.1 Å². The molecule has 0 bridgehead atoms. The Balaban J connectivity index is 1.97. The van der Waals surface area contributed by atoms with Crippen molar-refractivity contribution >= 4 is 11.3 Å². The fraction of sp³-hybridized carbons (Fsp3) is 0.333. The molecule has 0 radical (unpaired) electrons. The molecule has 1 atom stereocenters. The Kier molecular flexibility index (Phi) is 5.44. The van der Waals surface area contributed by atoms with Crippen LogP contribution in [0.4, 0.5) is 0 Å². The highest BCUT2D eigenvalue weighted by atomic mass is 32.1. The van der Waals surface area contributed by atoms with Crippen LogP contribution in [0.25, 0.3) is 0 Å². The lowest BCUT2D eigenvalue weighted by Crippen LogP contribution is -2.20. The lowest BCUT2D eigenvalue weighted by Gasteiger charge is -2.13. The van der Waals surface area contributed by atoms with Gasteiger partial charge in [-0.15, -0.1) is 0 Å². The van der Waals surface area contributed by atoms with E-state index in [-0.39, 0.29) is 5.75 Å². The molecular formula is C15H19NO4S. The van der Waals surface area contributed by atoms with Crippen molar-refractivity contribution in [2.45, 2.75) is 12.6 Å². The van der Waals surface area contributed by atoms with Crippen LogP contribution in [0.15, 0.2) is 29.0 Å². The minimum atomic E-state index is -0.530. The molecule has 0 aliphatic rings. The predicted octanol–water partition coefficient (Wildman–Crippen LogP) is 2.29. The van der Waals surface area contributed by atoms with Crippen molar-refractivity contribution in [3.8, 4) is 17.2 Å². The smallest absolute Gasteiger partial charge is 0.200 e. The van der Waals surface area contributed by atoms with Gasteiger partial charge in [0.15, 0.2) is 11.5 Å². The number of rotatable bonds is 7.